The number of methoxy groups -OCH3 is 1. The van der Waals surface area contributed by atoms with Crippen molar-refractivity contribution in [3.05, 3.63) is 42.0 Å². The van der Waals surface area contributed by atoms with Gasteiger partial charge in [-0.3, -0.25) is 0 Å². The molecule has 1 atom stereocenters. The Balaban J connectivity index is 2.01. The lowest BCUT2D eigenvalue weighted by atomic mass is 10.0. The topological polar surface area (TPSA) is 21.3 Å². The van der Waals surface area contributed by atoms with Crippen LogP contribution in [-0.2, 0) is 0 Å². The third-order valence-electron chi connectivity index (χ3n) is 3.63. The minimum Gasteiger partial charge on any atom is -0.496 e. The standard InChI is InChI=1S/C16H19NO/c1-11(17-14-7-8-14)13-9-12-5-3-4-6-15(12)16(10-13)18-2/h3-6,9-11,14,17H,7-8H2,1-2H3. The van der Waals surface area contributed by atoms with E-state index < -0.39 is 0 Å². The van der Waals surface area contributed by atoms with Crippen molar-refractivity contribution in [1.82, 2.24) is 5.32 Å². The number of fused-ring (bicyclic) bond motifs is 1. The fourth-order valence-electron chi connectivity index (χ4n) is 2.42. The Morgan fingerprint density at radius 3 is 2.72 bits per heavy atom. The summed E-state index contributed by atoms with van der Waals surface area (Å²) >= 11 is 0. The Hall–Kier alpha value is -1.54. The number of hydrogen-bond acceptors (Lipinski definition) is 2. The van der Waals surface area contributed by atoms with E-state index in [1.807, 2.05) is 0 Å². The molecule has 1 saturated carbocycles. The first kappa shape index (κ1) is 11.5. The first-order valence-corrected chi connectivity index (χ1v) is 6.60. The van der Waals surface area contributed by atoms with Crippen molar-refractivity contribution in [2.45, 2.75) is 31.8 Å². The highest BCUT2D eigenvalue weighted by atomic mass is 16.5. The molecular formula is C16H19NO. The van der Waals surface area contributed by atoms with Gasteiger partial charge < -0.3 is 10.1 Å². The van der Waals surface area contributed by atoms with Gasteiger partial charge >= 0.3 is 0 Å². The number of benzene rings is 2. The molecule has 0 aromatic heterocycles. The normalized spacial score (nSPS) is 16.8. The van der Waals surface area contributed by atoms with Crippen molar-refractivity contribution in [1.29, 1.82) is 0 Å². The predicted molar refractivity (Wildman–Crippen MR) is 75.1 cm³/mol. The van der Waals surface area contributed by atoms with Crippen molar-refractivity contribution >= 4 is 10.8 Å². The molecule has 1 unspecified atom stereocenters. The SMILES string of the molecule is COc1cc(C(C)NC2CC2)cc2ccccc12. The van der Waals surface area contributed by atoms with Gasteiger partial charge in [0.25, 0.3) is 0 Å². The van der Waals surface area contributed by atoms with E-state index in [0.29, 0.717) is 6.04 Å². The monoisotopic (exact) mass is 241 g/mol. The van der Waals surface area contributed by atoms with Gasteiger partial charge in [0.1, 0.15) is 5.75 Å². The summed E-state index contributed by atoms with van der Waals surface area (Å²) in [5.41, 5.74) is 1.30. The largest absolute Gasteiger partial charge is 0.496 e. The zero-order chi connectivity index (χ0) is 12.5. The zero-order valence-corrected chi connectivity index (χ0v) is 10.9. The molecular weight excluding hydrogens is 222 g/mol. The van der Waals surface area contributed by atoms with Gasteiger partial charge in [0.05, 0.1) is 7.11 Å². The van der Waals surface area contributed by atoms with E-state index in [0.717, 1.165) is 11.8 Å². The Kier molecular flexibility index (Phi) is 2.96. The smallest absolute Gasteiger partial charge is 0.127 e. The fourth-order valence-corrected chi connectivity index (χ4v) is 2.42. The molecule has 0 saturated heterocycles. The molecule has 18 heavy (non-hydrogen) atoms. The summed E-state index contributed by atoms with van der Waals surface area (Å²) in [5.74, 6) is 0.965. The van der Waals surface area contributed by atoms with Crippen LogP contribution in [0.3, 0.4) is 0 Å². The van der Waals surface area contributed by atoms with Crippen LogP contribution < -0.4 is 10.1 Å². The lowest BCUT2D eigenvalue weighted by Crippen LogP contribution is -2.20. The van der Waals surface area contributed by atoms with Gasteiger partial charge in [0.2, 0.25) is 0 Å². The zero-order valence-electron chi connectivity index (χ0n) is 10.9. The Morgan fingerprint density at radius 2 is 2.00 bits per heavy atom. The van der Waals surface area contributed by atoms with Crippen molar-refractivity contribution in [2.75, 3.05) is 7.11 Å². The van der Waals surface area contributed by atoms with Gasteiger partial charge in [0, 0.05) is 17.5 Å². The van der Waals surface area contributed by atoms with Gasteiger partial charge in [-0.1, -0.05) is 24.3 Å². The van der Waals surface area contributed by atoms with Crippen LogP contribution in [0.1, 0.15) is 31.4 Å². The van der Waals surface area contributed by atoms with Gasteiger partial charge in [-0.2, -0.15) is 0 Å². The first-order valence-electron chi connectivity index (χ1n) is 6.60. The van der Waals surface area contributed by atoms with Crippen LogP contribution in [0.5, 0.6) is 5.75 Å². The molecule has 2 heteroatoms. The Bertz CT molecular complexity index is 560. The highest BCUT2D eigenvalue weighted by Crippen LogP contribution is 2.31. The highest BCUT2D eigenvalue weighted by molar-refractivity contribution is 5.89. The number of nitrogens with one attached hydrogen (secondary N) is 1. The van der Waals surface area contributed by atoms with Gasteiger partial charge in [0.15, 0.2) is 0 Å². The lowest BCUT2D eigenvalue weighted by Gasteiger charge is -2.16. The summed E-state index contributed by atoms with van der Waals surface area (Å²) in [6.07, 6.45) is 2.63. The molecule has 0 aliphatic heterocycles. The number of ether oxygens (including phenoxy) is 1. The molecule has 0 amide bonds. The van der Waals surface area contributed by atoms with Gasteiger partial charge in [-0.15, -0.1) is 0 Å². The van der Waals surface area contributed by atoms with Crippen molar-refractivity contribution in [3.8, 4) is 5.75 Å². The fraction of sp³-hybridized carbons (Fsp3) is 0.375. The van der Waals surface area contributed by atoms with Crippen LogP contribution in [0.2, 0.25) is 0 Å². The van der Waals surface area contributed by atoms with E-state index >= 15 is 0 Å². The third kappa shape index (κ3) is 2.21. The first-order chi connectivity index (χ1) is 8.78. The van der Waals surface area contributed by atoms with Crippen LogP contribution in [0.25, 0.3) is 10.8 Å². The average Bonchev–Trinajstić information content (AvgIpc) is 3.21. The highest BCUT2D eigenvalue weighted by Gasteiger charge is 2.23. The third-order valence-corrected chi connectivity index (χ3v) is 3.63. The molecule has 0 bridgehead atoms. The maximum atomic E-state index is 5.51. The molecule has 94 valence electrons. The van der Waals surface area contributed by atoms with E-state index in [2.05, 4.69) is 48.6 Å². The minimum atomic E-state index is 0.385. The van der Waals surface area contributed by atoms with Gasteiger partial charge in [-0.05, 0) is 42.8 Å². The molecule has 1 aliphatic rings. The molecule has 0 heterocycles. The summed E-state index contributed by atoms with van der Waals surface area (Å²) in [4.78, 5) is 0. The molecule has 2 aromatic rings. The van der Waals surface area contributed by atoms with E-state index in [1.54, 1.807) is 7.11 Å². The van der Waals surface area contributed by atoms with Crippen LogP contribution in [-0.4, -0.2) is 13.2 Å². The second kappa shape index (κ2) is 4.62. The minimum absolute atomic E-state index is 0.385. The molecule has 1 fully saturated rings. The molecule has 2 nitrogen and oxygen atoms in total. The maximum Gasteiger partial charge on any atom is 0.127 e. The summed E-state index contributed by atoms with van der Waals surface area (Å²) in [5, 5.41) is 6.06. The molecule has 3 rings (SSSR count). The van der Waals surface area contributed by atoms with Crippen molar-refractivity contribution in [2.24, 2.45) is 0 Å². The summed E-state index contributed by atoms with van der Waals surface area (Å²) in [6, 6.07) is 13.9. The quantitative estimate of drug-likeness (QED) is 0.882. The van der Waals surface area contributed by atoms with Crippen LogP contribution in [0.15, 0.2) is 36.4 Å². The molecule has 0 spiro atoms. The van der Waals surface area contributed by atoms with Gasteiger partial charge in [-0.25, -0.2) is 0 Å². The van der Waals surface area contributed by atoms with Crippen LogP contribution in [0, 0.1) is 0 Å². The summed E-state index contributed by atoms with van der Waals surface area (Å²) < 4.78 is 5.51. The van der Waals surface area contributed by atoms with Crippen LogP contribution >= 0.6 is 0 Å². The average molecular weight is 241 g/mol. The maximum absolute atomic E-state index is 5.51. The molecule has 1 N–H and O–H groups in total. The van der Waals surface area contributed by atoms with E-state index in [-0.39, 0.29) is 0 Å². The second-order valence-corrected chi connectivity index (χ2v) is 5.11. The summed E-state index contributed by atoms with van der Waals surface area (Å²) in [7, 11) is 1.74. The van der Waals surface area contributed by atoms with Crippen LogP contribution in [0.4, 0.5) is 0 Å². The van der Waals surface area contributed by atoms with Crippen molar-refractivity contribution in [3.63, 3.8) is 0 Å². The van der Waals surface area contributed by atoms with Crippen molar-refractivity contribution < 1.29 is 4.74 Å². The lowest BCUT2D eigenvalue weighted by molar-refractivity contribution is 0.418. The Labute approximate surface area is 108 Å². The Morgan fingerprint density at radius 1 is 1.22 bits per heavy atom. The van der Waals surface area contributed by atoms with E-state index in [1.165, 1.54) is 29.2 Å². The predicted octanol–water partition coefficient (Wildman–Crippen LogP) is 3.66. The summed E-state index contributed by atoms with van der Waals surface area (Å²) in [6.45, 7) is 2.22. The molecule has 0 radical (unpaired) electrons. The second-order valence-electron chi connectivity index (χ2n) is 5.11. The molecule has 2 aromatic carbocycles. The number of hydrogen-bond donors (Lipinski definition) is 1. The molecule has 1 aliphatic carbocycles. The van der Waals surface area contributed by atoms with E-state index in [9.17, 15) is 0 Å². The van der Waals surface area contributed by atoms with E-state index in [4.69, 9.17) is 4.74 Å². The number of rotatable bonds is 4.